The first-order chi connectivity index (χ1) is 56.5. The Labute approximate surface area is 660 Å². The predicted octanol–water partition coefficient (Wildman–Crippen LogP) is 28.9. The van der Waals surface area contributed by atoms with Gasteiger partial charge in [0.1, 0.15) is 0 Å². The van der Waals surface area contributed by atoms with E-state index < -0.39 is 10.8 Å². The van der Waals surface area contributed by atoms with Crippen molar-refractivity contribution in [3.8, 4) is 123 Å². The highest BCUT2D eigenvalue weighted by Crippen LogP contribution is 2.65. The Morgan fingerprint density at radius 1 is 0.140 bits per heavy atom. The number of benzene rings is 19. The minimum atomic E-state index is -0.436. The summed E-state index contributed by atoms with van der Waals surface area (Å²) >= 11 is 0. The Kier molecular flexibility index (Phi) is 13.2. The first-order valence-electron chi connectivity index (χ1n) is 39.9. The second kappa shape index (κ2) is 23.9. The summed E-state index contributed by atoms with van der Waals surface area (Å²) in [5.41, 5.74) is 41.6. The van der Waals surface area contributed by atoms with E-state index in [2.05, 4.69) is 422 Å². The number of nitrogens with zero attached hydrogens (tertiary/aromatic N) is 2. The van der Waals surface area contributed by atoms with Crippen LogP contribution in [0, 0.1) is 0 Å². The van der Waals surface area contributed by atoms with Gasteiger partial charge in [-0.3, -0.25) is 0 Å². The molecule has 2 aromatic heterocycles. The number of para-hydroxylation sites is 2. The van der Waals surface area contributed by atoms with E-state index in [9.17, 15) is 0 Å². The van der Waals surface area contributed by atoms with Crippen molar-refractivity contribution in [2.45, 2.75) is 10.8 Å². The Bertz CT molecular complexity index is 7120. The summed E-state index contributed by atoms with van der Waals surface area (Å²) in [6.07, 6.45) is 0. The lowest BCUT2D eigenvalue weighted by Gasteiger charge is -2.30. The van der Waals surface area contributed by atoms with E-state index in [4.69, 9.17) is 0 Å². The van der Waals surface area contributed by atoms with E-state index in [0.717, 1.165) is 33.6 Å². The third kappa shape index (κ3) is 8.63. The van der Waals surface area contributed by atoms with Crippen LogP contribution >= 0.6 is 0 Å². The summed E-state index contributed by atoms with van der Waals surface area (Å²) in [6, 6.07) is 156. The fourth-order valence-electron chi connectivity index (χ4n) is 21.4. The summed E-state index contributed by atoms with van der Waals surface area (Å²) in [4.78, 5) is 0. The molecule has 25 rings (SSSR count). The van der Waals surface area contributed by atoms with E-state index >= 15 is 0 Å². The molecular formula is C112H68N2. The van der Waals surface area contributed by atoms with Gasteiger partial charge in [-0.05, 0) is 274 Å². The third-order valence-electron chi connectivity index (χ3n) is 26.1. The van der Waals surface area contributed by atoms with Gasteiger partial charge in [0.2, 0.25) is 0 Å². The SMILES string of the molecule is c1ccc(-c2c3ccc(-c4ccc5c(c4)c4cc(-c6ccc7c(c6)C6(c8ccccc8-c8ccccc86)c6ccccc6-7)ccc4n5-c4ccccc4)cc3c(-c3ccccc3)c3ccc(-c4ccc5c(c4)c4cc(-c6ccc7c(c6)C6(c8ccccc8-c8ccccc86)c6ccccc6-7)ccc4n5-c4ccccc4)cc23)cc1. The van der Waals surface area contributed by atoms with Crippen LogP contribution < -0.4 is 0 Å². The van der Waals surface area contributed by atoms with E-state index in [0.29, 0.717) is 0 Å². The zero-order chi connectivity index (χ0) is 74.5. The minimum Gasteiger partial charge on any atom is -0.309 e. The van der Waals surface area contributed by atoms with Gasteiger partial charge >= 0.3 is 0 Å². The quantitative estimate of drug-likeness (QED) is 0.134. The first-order valence-corrected chi connectivity index (χ1v) is 39.9. The second-order valence-corrected chi connectivity index (χ2v) is 31.6. The van der Waals surface area contributed by atoms with E-state index in [1.54, 1.807) is 0 Å². The molecule has 0 bridgehead atoms. The molecule has 526 valence electrons. The normalized spacial score (nSPS) is 13.4. The number of aromatic nitrogens is 2. The van der Waals surface area contributed by atoms with Crippen molar-refractivity contribution in [1.29, 1.82) is 0 Å². The molecule has 0 saturated carbocycles. The fraction of sp³-hybridized carbons (Fsp3) is 0.0179. The van der Waals surface area contributed by atoms with Crippen molar-refractivity contribution in [2.24, 2.45) is 0 Å². The lowest BCUT2D eigenvalue weighted by atomic mass is 9.70. The van der Waals surface area contributed by atoms with Crippen LogP contribution in [-0.2, 0) is 10.8 Å². The van der Waals surface area contributed by atoms with E-state index in [-0.39, 0.29) is 0 Å². The van der Waals surface area contributed by atoms with Gasteiger partial charge in [-0.2, -0.15) is 0 Å². The average molecular weight is 1440 g/mol. The summed E-state index contributed by atoms with van der Waals surface area (Å²) < 4.78 is 4.91. The van der Waals surface area contributed by atoms with Crippen molar-refractivity contribution in [2.75, 3.05) is 0 Å². The average Bonchev–Trinajstić information content (AvgIpc) is 1.51. The summed E-state index contributed by atoms with van der Waals surface area (Å²) in [6.45, 7) is 0. The molecule has 4 aliphatic rings. The molecule has 2 heteroatoms. The largest absolute Gasteiger partial charge is 0.309 e. The molecule has 0 radical (unpaired) electrons. The maximum Gasteiger partial charge on any atom is 0.0725 e. The minimum absolute atomic E-state index is 0.436. The third-order valence-corrected chi connectivity index (χ3v) is 26.1. The Balaban J connectivity index is 0.646. The molecule has 2 nitrogen and oxygen atoms in total. The maximum absolute atomic E-state index is 2.52. The van der Waals surface area contributed by atoms with Gasteiger partial charge in [0.05, 0.1) is 32.9 Å². The molecule has 2 heterocycles. The number of hydrogen-bond donors (Lipinski definition) is 0. The summed E-state index contributed by atoms with van der Waals surface area (Å²) in [5.74, 6) is 0. The monoisotopic (exact) mass is 1440 g/mol. The van der Waals surface area contributed by atoms with Gasteiger partial charge in [-0.1, -0.05) is 315 Å². The number of hydrogen-bond acceptors (Lipinski definition) is 0. The molecule has 2 spiro atoms. The van der Waals surface area contributed by atoms with Gasteiger partial charge in [0, 0.05) is 32.9 Å². The molecule has 21 aromatic rings. The Morgan fingerprint density at radius 3 is 0.649 bits per heavy atom. The molecule has 0 aliphatic heterocycles. The maximum atomic E-state index is 2.52. The second-order valence-electron chi connectivity index (χ2n) is 31.6. The molecular weight excluding hydrogens is 1370 g/mol. The molecule has 114 heavy (non-hydrogen) atoms. The predicted molar refractivity (Wildman–Crippen MR) is 475 cm³/mol. The topological polar surface area (TPSA) is 9.86 Å². The van der Waals surface area contributed by atoms with Crippen molar-refractivity contribution in [3.05, 3.63) is 457 Å². The first kappa shape index (κ1) is 63.1. The van der Waals surface area contributed by atoms with Crippen LogP contribution in [0.5, 0.6) is 0 Å². The Hall–Kier alpha value is -14.7. The molecule has 0 amide bonds. The van der Waals surface area contributed by atoms with E-state index in [1.807, 2.05) is 0 Å². The number of rotatable bonds is 8. The van der Waals surface area contributed by atoms with Gasteiger partial charge < -0.3 is 9.13 Å². The zero-order valence-electron chi connectivity index (χ0n) is 62.2. The molecule has 0 fully saturated rings. The lowest BCUT2D eigenvalue weighted by molar-refractivity contribution is 0.794. The highest BCUT2D eigenvalue weighted by atomic mass is 15.0. The fourth-order valence-corrected chi connectivity index (χ4v) is 21.4. The van der Waals surface area contributed by atoms with Gasteiger partial charge in [0.25, 0.3) is 0 Å². The molecule has 4 aliphatic carbocycles. The van der Waals surface area contributed by atoms with Crippen LogP contribution in [0.4, 0.5) is 0 Å². The van der Waals surface area contributed by atoms with Crippen LogP contribution in [0.25, 0.3) is 188 Å². The highest BCUT2D eigenvalue weighted by molar-refractivity contribution is 6.23. The molecule has 0 unspecified atom stereocenters. The van der Waals surface area contributed by atoms with Crippen molar-refractivity contribution in [3.63, 3.8) is 0 Å². The van der Waals surface area contributed by atoms with Crippen LogP contribution in [0.3, 0.4) is 0 Å². The zero-order valence-corrected chi connectivity index (χ0v) is 62.2. The van der Waals surface area contributed by atoms with Crippen LogP contribution in [0.1, 0.15) is 44.5 Å². The van der Waals surface area contributed by atoms with Crippen LogP contribution in [-0.4, -0.2) is 9.13 Å². The summed E-state index contributed by atoms with van der Waals surface area (Å²) in [7, 11) is 0. The summed E-state index contributed by atoms with van der Waals surface area (Å²) in [5, 5.41) is 9.68. The Morgan fingerprint density at radius 2 is 0.360 bits per heavy atom. The van der Waals surface area contributed by atoms with Gasteiger partial charge in [0.15, 0.2) is 0 Å². The van der Waals surface area contributed by atoms with Crippen molar-refractivity contribution >= 4 is 65.2 Å². The standard InChI is InChI=1S/C112H68N2/c1-5-25-69(26-6-1)109-89-55-47-72(74-50-58-106-92(62-74)94-64-76(52-60-108(94)114(106)80-31-11-4-12-32-80)78-46-54-88-86-38-18-24-44-102(86)112(104(88)68-78)99-41-21-15-35-83(99)84-36-16-22-42-100(84)112)66-96(89)110(70-27-7-2-8-28-70)90-56-48-71(65-95(90)109)73-49-57-105-91(61-73)93-63-75(51-59-107(93)113(105)79-29-9-3-10-30-79)77-45-53-87-85-37-17-23-43-101(85)111(103(87)67-77)97-39-19-13-33-81(97)82-34-14-20-40-98(82)111/h1-68H. The van der Waals surface area contributed by atoms with Crippen molar-refractivity contribution in [1.82, 2.24) is 9.13 Å². The smallest absolute Gasteiger partial charge is 0.0725 e. The highest BCUT2D eigenvalue weighted by Gasteiger charge is 2.53. The molecule has 0 saturated heterocycles. The van der Waals surface area contributed by atoms with Crippen molar-refractivity contribution < 1.29 is 0 Å². The van der Waals surface area contributed by atoms with E-state index in [1.165, 1.54) is 199 Å². The van der Waals surface area contributed by atoms with Gasteiger partial charge in [-0.15, -0.1) is 0 Å². The van der Waals surface area contributed by atoms with Gasteiger partial charge in [-0.25, -0.2) is 0 Å². The molecule has 0 N–H and O–H groups in total. The lowest BCUT2D eigenvalue weighted by Crippen LogP contribution is -2.25. The number of fused-ring (bicyclic) bond motifs is 28. The van der Waals surface area contributed by atoms with Crippen LogP contribution in [0.2, 0.25) is 0 Å². The molecule has 19 aromatic carbocycles. The van der Waals surface area contributed by atoms with Crippen LogP contribution in [0.15, 0.2) is 413 Å². The molecule has 0 atom stereocenters.